The van der Waals surface area contributed by atoms with E-state index >= 15 is 0 Å². The Hall–Kier alpha value is -2.44. The van der Waals surface area contributed by atoms with Gasteiger partial charge in [0.1, 0.15) is 6.10 Å². The average Bonchev–Trinajstić information content (AvgIpc) is 3.21. The van der Waals surface area contributed by atoms with Crippen LogP contribution in [0.25, 0.3) is 11.2 Å². The molecular formula is C20H30FN5O5Si. The lowest BCUT2D eigenvalue weighted by Gasteiger charge is -2.36. The molecule has 0 radical (unpaired) electrons. The molecule has 0 unspecified atom stereocenters. The zero-order valence-electron chi connectivity index (χ0n) is 19.4. The van der Waals surface area contributed by atoms with Crippen molar-refractivity contribution in [3.63, 3.8) is 0 Å². The number of Topliss-reactive ketones (excluding diaryl/α,β-unsaturated/α-hetero) is 1. The Balaban J connectivity index is 1.87. The zero-order valence-corrected chi connectivity index (χ0v) is 20.4. The van der Waals surface area contributed by atoms with Gasteiger partial charge in [0.15, 0.2) is 31.9 Å². The summed E-state index contributed by atoms with van der Waals surface area (Å²) < 4.78 is 27.7. The number of hydrogen-bond acceptors (Lipinski definition) is 7. The number of fused-ring (bicyclic) bond motifs is 1. The Kier molecular flexibility index (Phi) is 6.42. The lowest BCUT2D eigenvalue weighted by molar-refractivity contribution is -0.128. The normalized spacial score (nSPS) is 22.2. The number of imidazole rings is 1. The molecule has 1 amide bonds. The monoisotopic (exact) mass is 467 g/mol. The first-order valence-electron chi connectivity index (χ1n) is 10.5. The number of H-pyrrole nitrogens is 1. The Morgan fingerprint density at radius 1 is 1.38 bits per heavy atom. The van der Waals surface area contributed by atoms with Gasteiger partial charge in [0.05, 0.1) is 12.9 Å². The molecule has 0 aliphatic carbocycles. The average molecular weight is 468 g/mol. The van der Waals surface area contributed by atoms with E-state index in [0.717, 1.165) is 0 Å². The van der Waals surface area contributed by atoms with E-state index in [4.69, 9.17) is 9.16 Å². The summed E-state index contributed by atoms with van der Waals surface area (Å²) in [5, 5.41) is 2.42. The molecule has 12 heteroatoms. The SMILES string of the molecule is CC(C)C(=O)Nc1nc2c(ncn2[C@@H]2O[C@H](CO[Si](C)(C)C(C)(C)C)[C@@H](F)C2=O)c(=O)[nH]1. The van der Waals surface area contributed by atoms with Gasteiger partial charge in [-0.3, -0.25) is 29.3 Å². The summed E-state index contributed by atoms with van der Waals surface area (Å²) >= 11 is 0. The molecule has 2 aromatic rings. The number of ether oxygens (including phenoxy) is 1. The first-order chi connectivity index (χ1) is 14.7. The van der Waals surface area contributed by atoms with Crippen LogP contribution < -0.4 is 10.9 Å². The molecule has 3 rings (SSSR count). The highest BCUT2D eigenvalue weighted by molar-refractivity contribution is 6.74. The van der Waals surface area contributed by atoms with E-state index in [-0.39, 0.29) is 40.6 Å². The van der Waals surface area contributed by atoms with E-state index in [1.807, 2.05) is 13.1 Å². The minimum atomic E-state index is -2.17. The van der Waals surface area contributed by atoms with Crippen LogP contribution in [0.4, 0.5) is 10.3 Å². The molecule has 0 aromatic carbocycles. The topological polar surface area (TPSA) is 128 Å². The van der Waals surface area contributed by atoms with Crippen molar-refractivity contribution in [3.8, 4) is 0 Å². The van der Waals surface area contributed by atoms with E-state index in [1.165, 1.54) is 10.9 Å². The van der Waals surface area contributed by atoms with E-state index in [0.29, 0.717) is 0 Å². The van der Waals surface area contributed by atoms with Crippen LogP contribution in [-0.2, 0) is 18.8 Å². The van der Waals surface area contributed by atoms with Gasteiger partial charge < -0.3 is 9.16 Å². The van der Waals surface area contributed by atoms with E-state index in [1.54, 1.807) is 13.8 Å². The van der Waals surface area contributed by atoms with Gasteiger partial charge in [-0.1, -0.05) is 34.6 Å². The molecule has 3 heterocycles. The largest absolute Gasteiger partial charge is 0.414 e. The molecule has 1 fully saturated rings. The maximum atomic E-state index is 14.8. The molecule has 32 heavy (non-hydrogen) atoms. The first kappa shape index (κ1) is 24.2. The van der Waals surface area contributed by atoms with Crippen LogP contribution >= 0.6 is 0 Å². The third-order valence-corrected chi connectivity index (χ3v) is 10.5. The second-order valence-corrected chi connectivity index (χ2v) is 14.6. The van der Waals surface area contributed by atoms with Gasteiger partial charge in [0, 0.05) is 5.92 Å². The summed E-state index contributed by atoms with van der Waals surface area (Å²) in [6.07, 6.45) is -3.11. The quantitative estimate of drug-likeness (QED) is 0.625. The highest BCUT2D eigenvalue weighted by atomic mass is 28.4. The second kappa shape index (κ2) is 8.48. The summed E-state index contributed by atoms with van der Waals surface area (Å²) in [6.45, 7) is 13.6. The van der Waals surface area contributed by atoms with Crippen molar-refractivity contribution < 1.29 is 23.1 Å². The van der Waals surface area contributed by atoms with Crippen molar-refractivity contribution >= 4 is 37.1 Å². The number of nitrogens with zero attached hydrogens (tertiary/aromatic N) is 3. The predicted molar refractivity (Wildman–Crippen MR) is 119 cm³/mol. The molecule has 1 saturated heterocycles. The summed E-state index contributed by atoms with van der Waals surface area (Å²) in [4.78, 5) is 47.6. The number of ketones is 1. The number of aromatic amines is 1. The molecule has 2 aromatic heterocycles. The number of halogens is 1. The molecule has 3 atom stereocenters. The van der Waals surface area contributed by atoms with Crippen molar-refractivity contribution in [3.05, 3.63) is 16.7 Å². The Morgan fingerprint density at radius 3 is 2.62 bits per heavy atom. The van der Waals surface area contributed by atoms with Gasteiger partial charge >= 0.3 is 0 Å². The summed E-state index contributed by atoms with van der Waals surface area (Å²) in [6, 6.07) is 0. The highest BCUT2D eigenvalue weighted by Crippen LogP contribution is 2.38. The Morgan fingerprint density at radius 2 is 2.03 bits per heavy atom. The minimum Gasteiger partial charge on any atom is -0.414 e. The number of aromatic nitrogens is 4. The van der Waals surface area contributed by atoms with Crippen LogP contribution in [0.3, 0.4) is 0 Å². The van der Waals surface area contributed by atoms with Crippen molar-refractivity contribution in [2.75, 3.05) is 11.9 Å². The maximum absolute atomic E-state index is 14.8. The minimum absolute atomic E-state index is 0.00400. The number of carbonyl (C=O) groups excluding carboxylic acids is 2. The van der Waals surface area contributed by atoms with Gasteiger partial charge in [0.2, 0.25) is 17.6 Å². The molecule has 0 saturated carbocycles. The number of alkyl halides is 1. The van der Waals surface area contributed by atoms with E-state index in [9.17, 15) is 18.8 Å². The first-order valence-corrected chi connectivity index (χ1v) is 13.4. The zero-order chi connectivity index (χ0) is 24.0. The fourth-order valence-corrected chi connectivity index (χ4v) is 3.89. The van der Waals surface area contributed by atoms with Gasteiger partial charge in [-0.15, -0.1) is 0 Å². The number of rotatable bonds is 6. The van der Waals surface area contributed by atoms with Crippen molar-refractivity contribution in [2.24, 2.45) is 5.92 Å². The van der Waals surface area contributed by atoms with Crippen molar-refractivity contribution in [2.45, 2.75) is 71.3 Å². The molecule has 10 nitrogen and oxygen atoms in total. The van der Waals surface area contributed by atoms with Crippen molar-refractivity contribution in [1.29, 1.82) is 0 Å². The van der Waals surface area contributed by atoms with Gasteiger partial charge in [0.25, 0.3) is 5.56 Å². The lowest BCUT2D eigenvalue weighted by Crippen LogP contribution is -2.43. The highest BCUT2D eigenvalue weighted by Gasteiger charge is 2.47. The second-order valence-electron chi connectivity index (χ2n) is 9.78. The van der Waals surface area contributed by atoms with Gasteiger partial charge in [-0.2, -0.15) is 4.98 Å². The fourth-order valence-electron chi connectivity index (χ4n) is 2.87. The fraction of sp³-hybridized carbons (Fsp3) is 0.650. The van der Waals surface area contributed by atoms with Crippen LogP contribution in [0.15, 0.2) is 11.1 Å². The molecule has 0 spiro atoms. The lowest BCUT2D eigenvalue weighted by atomic mass is 10.2. The molecular weight excluding hydrogens is 437 g/mol. The molecule has 1 aliphatic rings. The maximum Gasteiger partial charge on any atom is 0.280 e. The third-order valence-electron chi connectivity index (χ3n) is 6.01. The summed E-state index contributed by atoms with van der Waals surface area (Å²) in [5.41, 5.74) is -0.655. The summed E-state index contributed by atoms with van der Waals surface area (Å²) in [7, 11) is -2.17. The van der Waals surface area contributed by atoms with Gasteiger partial charge in [-0.25, -0.2) is 9.37 Å². The number of amides is 1. The smallest absolute Gasteiger partial charge is 0.280 e. The summed E-state index contributed by atoms with van der Waals surface area (Å²) in [5.74, 6) is -1.58. The van der Waals surface area contributed by atoms with E-state index in [2.05, 4.69) is 41.0 Å². The van der Waals surface area contributed by atoms with Crippen molar-refractivity contribution in [1.82, 2.24) is 19.5 Å². The standard InChI is InChI=1S/C20H30FN5O5Si/c1-10(2)16(28)24-19-23-15-13(17(29)25-19)22-9-26(15)18-14(27)12(21)11(31-18)8-30-32(6,7)20(3,4)5/h9-12,18H,8H2,1-7H3,(H2,23,24,25,28,29)/t11-,12-,18-/m1/s1. The van der Waals surface area contributed by atoms with Crippen LogP contribution in [0.2, 0.25) is 18.1 Å². The van der Waals surface area contributed by atoms with E-state index < -0.39 is 38.2 Å². The Bertz CT molecular complexity index is 1090. The molecule has 2 N–H and O–H groups in total. The Labute approximate surface area is 186 Å². The van der Waals surface area contributed by atoms with Crippen LogP contribution in [-0.4, -0.2) is 58.4 Å². The number of nitrogens with one attached hydrogen (secondary N) is 2. The number of hydrogen-bond donors (Lipinski definition) is 2. The third kappa shape index (κ3) is 4.52. The number of carbonyl (C=O) groups is 2. The molecule has 176 valence electrons. The van der Waals surface area contributed by atoms with Crippen LogP contribution in [0, 0.1) is 5.92 Å². The van der Waals surface area contributed by atoms with Crippen LogP contribution in [0.1, 0.15) is 40.8 Å². The number of anilines is 1. The van der Waals surface area contributed by atoms with Gasteiger partial charge in [-0.05, 0) is 18.1 Å². The van der Waals surface area contributed by atoms with Crippen LogP contribution in [0.5, 0.6) is 0 Å². The molecule has 1 aliphatic heterocycles. The predicted octanol–water partition coefficient (Wildman–Crippen LogP) is 2.54. The molecule has 0 bridgehead atoms.